The third-order valence-electron chi connectivity index (χ3n) is 11.5. The van der Waals surface area contributed by atoms with Crippen LogP contribution in [-0.2, 0) is 0 Å². The minimum atomic E-state index is -0.129. The average molecular weight is 645 g/mol. The number of phenols is 1. The number of rotatable bonds is 13. The molecule has 4 nitrogen and oxygen atoms in total. The Morgan fingerprint density at radius 2 is 1.19 bits per heavy atom. The molecule has 0 saturated heterocycles. The third-order valence-corrected chi connectivity index (χ3v) is 11.5. The minimum Gasteiger partial charge on any atom is -0.507 e. The molecule has 0 aromatic heterocycles. The highest BCUT2D eigenvalue weighted by Gasteiger charge is 2.26. The number of benzene rings is 3. The summed E-state index contributed by atoms with van der Waals surface area (Å²) in [4.78, 5) is 18.2. The smallest absolute Gasteiger partial charge is 0.188 e. The van der Waals surface area contributed by atoms with Gasteiger partial charge < -0.3 is 10.4 Å². The van der Waals surface area contributed by atoms with Gasteiger partial charge in [0.1, 0.15) is 5.75 Å². The molecule has 0 spiro atoms. The summed E-state index contributed by atoms with van der Waals surface area (Å²) in [6, 6.07) is 20.8. The second kappa shape index (κ2) is 16.6. The molecule has 0 radical (unpaired) electrons. The van der Waals surface area contributed by atoms with Crippen LogP contribution in [0.4, 0.5) is 17.1 Å². The number of ketones is 1. The van der Waals surface area contributed by atoms with Gasteiger partial charge in [-0.2, -0.15) is 0 Å². The van der Waals surface area contributed by atoms with Gasteiger partial charge in [0.15, 0.2) is 5.78 Å². The molecular formula is C44H56N2O2. The first-order valence-corrected chi connectivity index (χ1v) is 19.2. The lowest BCUT2D eigenvalue weighted by Crippen LogP contribution is -2.15. The van der Waals surface area contributed by atoms with E-state index in [4.69, 9.17) is 4.99 Å². The number of aliphatic imine (C=N–C) groups is 1. The number of nitrogens with one attached hydrogen (secondary N) is 1. The van der Waals surface area contributed by atoms with Crippen LogP contribution in [0.1, 0.15) is 155 Å². The molecule has 2 fully saturated rings. The van der Waals surface area contributed by atoms with E-state index < -0.39 is 0 Å². The number of aromatic hydroxyl groups is 1. The van der Waals surface area contributed by atoms with Gasteiger partial charge >= 0.3 is 0 Å². The number of allylic oxidation sites excluding steroid dienone is 2. The molecule has 6 rings (SSSR count). The summed E-state index contributed by atoms with van der Waals surface area (Å²) in [5, 5.41) is 14.5. The quantitative estimate of drug-likeness (QED) is 0.144. The second-order valence-corrected chi connectivity index (χ2v) is 14.8. The fourth-order valence-corrected chi connectivity index (χ4v) is 8.51. The molecule has 0 aliphatic heterocycles. The van der Waals surface area contributed by atoms with Gasteiger partial charge in [-0.3, -0.25) is 4.79 Å². The standard InChI is InChI=1S/C44H56N2O2/c1-3-5-7-9-31-11-15-33(16-12-31)35-19-23-37(24-20-35)45-39-27-29-42(48)44-40(28-30-41(47)43(39)44)46-38-25-21-36(22-26-38)34-17-13-32(14-18-34)10-8-6-4-2/h19-34,45,48H,3-18H2,1-2H3. The maximum atomic E-state index is 13.2. The lowest BCUT2D eigenvalue weighted by molar-refractivity contribution is 0.104. The van der Waals surface area contributed by atoms with Gasteiger partial charge in [-0.05, 0) is 135 Å². The van der Waals surface area contributed by atoms with Crippen molar-refractivity contribution in [3.8, 4) is 5.75 Å². The van der Waals surface area contributed by atoms with Crippen molar-refractivity contribution in [2.45, 2.75) is 128 Å². The van der Waals surface area contributed by atoms with E-state index >= 15 is 0 Å². The molecule has 2 saturated carbocycles. The first kappa shape index (κ1) is 34.2. The molecule has 3 aromatic carbocycles. The number of fused-ring (bicyclic) bond motifs is 1. The second-order valence-electron chi connectivity index (χ2n) is 14.8. The van der Waals surface area contributed by atoms with Gasteiger partial charge in [0.2, 0.25) is 0 Å². The van der Waals surface area contributed by atoms with E-state index in [1.165, 1.54) is 114 Å². The minimum absolute atomic E-state index is 0.0694. The Balaban J connectivity index is 1.11. The van der Waals surface area contributed by atoms with Gasteiger partial charge in [0.05, 0.1) is 28.2 Å². The summed E-state index contributed by atoms with van der Waals surface area (Å²) in [5.74, 6) is 3.02. The predicted octanol–water partition coefficient (Wildman–Crippen LogP) is 12.7. The number of carbonyl (C=O) groups excluding carboxylic acids is 1. The van der Waals surface area contributed by atoms with E-state index in [-0.39, 0.29) is 11.5 Å². The Labute approximate surface area is 289 Å². The van der Waals surface area contributed by atoms with Crippen molar-refractivity contribution in [2.75, 3.05) is 5.32 Å². The van der Waals surface area contributed by atoms with E-state index in [9.17, 15) is 9.90 Å². The molecule has 3 aromatic rings. The van der Waals surface area contributed by atoms with E-state index in [1.807, 2.05) is 0 Å². The zero-order chi connectivity index (χ0) is 33.3. The van der Waals surface area contributed by atoms with Gasteiger partial charge in [-0.25, -0.2) is 4.99 Å². The molecule has 0 amide bonds. The van der Waals surface area contributed by atoms with E-state index in [0.29, 0.717) is 34.4 Å². The lowest BCUT2D eigenvalue weighted by Gasteiger charge is -2.29. The van der Waals surface area contributed by atoms with E-state index in [0.717, 1.165) is 23.2 Å². The van der Waals surface area contributed by atoms with Crippen molar-refractivity contribution in [1.29, 1.82) is 0 Å². The van der Waals surface area contributed by atoms with Gasteiger partial charge in [0, 0.05) is 5.69 Å². The van der Waals surface area contributed by atoms with Gasteiger partial charge in [-0.15, -0.1) is 0 Å². The monoisotopic (exact) mass is 644 g/mol. The Hall–Kier alpha value is -3.66. The maximum Gasteiger partial charge on any atom is 0.188 e. The maximum absolute atomic E-state index is 13.2. The molecule has 4 heteroatoms. The van der Waals surface area contributed by atoms with Crippen LogP contribution >= 0.6 is 0 Å². The number of hydrogen-bond donors (Lipinski definition) is 2. The zero-order valence-electron chi connectivity index (χ0n) is 29.4. The lowest BCUT2D eigenvalue weighted by atomic mass is 9.77. The van der Waals surface area contributed by atoms with Crippen LogP contribution in [0.25, 0.3) is 0 Å². The summed E-state index contributed by atoms with van der Waals surface area (Å²) in [5.41, 5.74) is 6.82. The molecule has 2 N–H and O–H groups in total. The van der Waals surface area contributed by atoms with Crippen molar-refractivity contribution in [2.24, 2.45) is 16.8 Å². The molecule has 254 valence electrons. The first-order valence-electron chi connectivity index (χ1n) is 19.2. The first-order chi connectivity index (χ1) is 23.5. The van der Waals surface area contributed by atoms with Crippen LogP contribution in [-0.4, -0.2) is 16.6 Å². The summed E-state index contributed by atoms with van der Waals surface area (Å²) in [6.07, 6.45) is 24.7. The summed E-state index contributed by atoms with van der Waals surface area (Å²) in [6.45, 7) is 4.57. The highest BCUT2D eigenvalue weighted by atomic mass is 16.3. The molecule has 0 atom stereocenters. The Morgan fingerprint density at radius 3 is 1.73 bits per heavy atom. The highest BCUT2D eigenvalue weighted by molar-refractivity contribution is 6.27. The summed E-state index contributed by atoms with van der Waals surface area (Å²) >= 11 is 0. The van der Waals surface area contributed by atoms with Crippen molar-refractivity contribution < 1.29 is 9.90 Å². The van der Waals surface area contributed by atoms with Crippen molar-refractivity contribution in [3.63, 3.8) is 0 Å². The fraction of sp³-hybridized carbons (Fsp3) is 0.500. The van der Waals surface area contributed by atoms with E-state index in [2.05, 4.69) is 67.7 Å². The number of unbranched alkanes of at least 4 members (excludes halogenated alkanes) is 4. The van der Waals surface area contributed by atoms with Crippen LogP contribution in [0.15, 0.2) is 77.8 Å². The molecule has 0 heterocycles. The van der Waals surface area contributed by atoms with Crippen molar-refractivity contribution >= 4 is 28.6 Å². The van der Waals surface area contributed by atoms with Crippen LogP contribution in [0.5, 0.6) is 5.75 Å². The number of phenolic OH excluding ortho intramolecular Hbond substituents is 1. The van der Waals surface area contributed by atoms with Crippen LogP contribution in [0.3, 0.4) is 0 Å². The average Bonchev–Trinajstić information content (AvgIpc) is 3.12. The van der Waals surface area contributed by atoms with Crippen LogP contribution in [0.2, 0.25) is 0 Å². The number of carbonyl (C=O) groups is 1. The Bertz CT molecular complexity index is 1550. The van der Waals surface area contributed by atoms with Gasteiger partial charge in [-0.1, -0.05) is 89.5 Å². The van der Waals surface area contributed by atoms with Crippen LogP contribution in [0, 0.1) is 11.8 Å². The predicted molar refractivity (Wildman–Crippen MR) is 202 cm³/mol. The molecule has 3 aliphatic carbocycles. The van der Waals surface area contributed by atoms with Gasteiger partial charge in [0.25, 0.3) is 0 Å². The summed E-state index contributed by atoms with van der Waals surface area (Å²) < 4.78 is 0. The SMILES string of the molecule is CCCCCC1CCC(c2ccc(N=C3C=CC(=O)c4c(Nc5ccc(C6CCC(CCCCC)CC6)cc5)ccc(O)c43)cc2)CC1. The number of anilines is 2. The van der Waals surface area contributed by atoms with Crippen molar-refractivity contribution in [3.05, 3.63) is 95.1 Å². The van der Waals surface area contributed by atoms with E-state index in [1.54, 1.807) is 24.3 Å². The largest absolute Gasteiger partial charge is 0.507 e. The molecule has 48 heavy (non-hydrogen) atoms. The van der Waals surface area contributed by atoms with Crippen LogP contribution < -0.4 is 5.32 Å². The molecule has 3 aliphatic rings. The Kier molecular flexibility index (Phi) is 11.9. The molecular weight excluding hydrogens is 588 g/mol. The topological polar surface area (TPSA) is 61.7 Å². The molecule has 0 bridgehead atoms. The normalized spacial score (nSPS) is 23.3. The number of hydrogen-bond acceptors (Lipinski definition) is 4. The zero-order valence-corrected chi connectivity index (χ0v) is 29.4. The summed E-state index contributed by atoms with van der Waals surface area (Å²) in [7, 11) is 0. The fourth-order valence-electron chi connectivity index (χ4n) is 8.51. The number of nitrogens with zero attached hydrogens (tertiary/aromatic N) is 1. The third kappa shape index (κ3) is 8.49. The highest BCUT2D eigenvalue weighted by Crippen LogP contribution is 2.40. The van der Waals surface area contributed by atoms with Crippen molar-refractivity contribution in [1.82, 2.24) is 0 Å². The molecule has 0 unspecified atom stereocenters. The Morgan fingerprint density at radius 1 is 0.646 bits per heavy atom.